The van der Waals surface area contributed by atoms with Crippen molar-refractivity contribution < 1.29 is 188 Å². The van der Waals surface area contributed by atoms with E-state index in [0.717, 1.165) is 7.11 Å². The summed E-state index contributed by atoms with van der Waals surface area (Å²) in [6.07, 6.45) is -4.61. The zero-order valence-electron chi connectivity index (χ0n) is 73.7. The zero-order chi connectivity index (χ0) is 97.8. The van der Waals surface area contributed by atoms with E-state index in [9.17, 15) is 81.8 Å². The molecule has 52 heteroatoms. The van der Waals surface area contributed by atoms with Crippen LogP contribution in [0, 0.1) is 27.7 Å². The van der Waals surface area contributed by atoms with Crippen LogP contribution >= 0.6 is 47.0 Å². The lowest BCUT2D eigenvalue weighted by molar-refractivity contribution is -0.150. The average Bonchev–Trinajstić information content (AvgIpc) is 1.11. The Morgan fingerprint density at radius 2 is 0.569 bits per heavy atom. The number of alkyl carbamates (subject to hydrolysis) is 4. The van der Waals surface area contributed by atoms with Gasteiger partial charge in [-0.3, -0.25) is 0 Å². The predicted molar refractivity (Wildman–Crippen MR) is 442 cm³/mol. The van der Waals surface area contributed by atoms with Crippen molar-refractivity contribution in [2.75, 3.05) is 40.1 Å². The van der Waals surface area contributed by atoms with Gasteiger partial charge in [-0.05, 0) is 205 Å². The number of aryl methyl sites for hydroxylation is 4. The molecule has 4 aliphatic heterocycles. The molecule has 48 nitrogen and oxygen atoms in total. The number of esters is 3. The van der Waals surface area contributed by atoms with Crippen LogP contribution in [0.3, 0.4) is 0 Å². The van der Waals surface area contributed by atoms with Gasteiger partial charge in [0.25, 0.3) is 23.8 Å². The minimum Gasteiger partial charge on any atom is -0.480 e. The second-order valence-corrected chi connectivity index (χ2v) is 35.0. The smallest absolute Gasteiger partial charge is 0.480 e. The number of ether oxygens (including phenoxy) is 19. The number of nitrogens with one attached hydrogen (secondary N) is 4. The van der Waals surface area contributed by atoms with Crippen LogP contribution in [-0.2, 0) is 136 Å². The molecular formula is C78H96N4O44S4. The van der Waals surface area contributed by atoms with Crippen LogP contribution < -0.4 is 44.6 Å². The van der Waals surface area contributed by atoms with Crippen molar-refractivity contribution in [2.24, 2.45) is 0 Å². The topological polar surface area (TPSA) is 622 Å². The number of amides is 4. The van der Waals surface area contributed by atoms with Gasteiger partial charge in [-0.15, -0.1) is 0 Å². The zero-order valence-corrected chi connectivity index (χ0v) is 77.0. The van der Waals surface area contributed by atoms with Crippen molar-refractivity contribution in [1.29, 1.82) is 0 Å². The first-order valence-corrected chi connectivity index (χ1v) is 41.0. The van der Waals surface area contributed by atoms with E-state index in [1.807, 2.05) is 0 Å². The molecule has 130 heavy (non-hydrogen) atoms. The number of carboxylic acid groups (broad SMARTS) is 1. The number of aliphatic carboxylic acids is 1. The summed E-state index contributed by atoms with van der Waals surface area (Å²) in [4.78, 5) is 192. The molecule has 4 amide bonds. The molecule has 4 atom stereocenters. The number of hydrogen-bond acceptors (Lipinski definition) is 47. The van der Waals surface area contributed by atoms with Crippen LogP contribution in [0.2, 0.25) is 0 Å². The molecule has 0 aliphatic carbocycles. The molecule has 5 N–H and O–H groups in total. The van der Waals surface area contributed by atoms with E-state index in [-0.39, 0.29) is 126 Å². The van der Waals surface area contributed by atoms with Gasteiger partial charge >= 0.3 is 92.7 Å². The Kier molecular flexibility index (Phi) is 39.7. The third-order valence-corrected chi connectivity index (χ3v) is 20.7. The maximum Gasteiger partial charge on any atom is 0.519 e. The van der Waals surface area contributed by atoms with Crippen molar-refractivity contribution >= 4 is 117 Å². The van der Waals surface area contributed by atoms with Gasteiger partial charge in [-0.2, -0.15) is 0 Å². The quantitative estimate of drug-likeness (QED) is 0.0214. The first-order valence-electron chi connectivity index (χ1n) is 37.7. The Hall–Kier alpha value is -13.4. The molecule has 4 aromatic rings. The number of hydrogen-bond donors (Lipinski definition) is 5. The van der Waals surface area contributed by atoms with Gasteiger partial charge in [0, 0.05) is 0 Å². The van der Waals surface area contributed by atoms with Crippen LogP contribution in [0.25, 0.3) is 0 Å². The summed E-state index contributed by atoms with van der Waals surface area (Å²) < 4.78 is 129. The lowest BCUT2D eigenvalue weighted by Crippen LogP contribution is -2.54. The third-order valence-electron chi connectivity index (χ3n) is 16.6. The number of rotatable bonds is 34. The number of allylic oxidation sites excluding steroid dienone is 4. The lowest BCUT2D eigenvalue weighted by Gasteiger charge is -2.31. The molecule has 0 saturated carbocycles. The number of carbonyl (C=O) groups excluding carboxylic acids is 11. The average molecular weight is 1920 g/mol. The Labute approximate surface area is 754 Å². The van der Waals surface area contributed by atoms with E-state index < -0.39 is 168 Å². The predicted octanol–water partition coefficient (Wildman–Crippen LogP) is 11.9. The largest absolute Gasteiger partial charge is 0.519 e. The van der Waals surface area contributed by atoms with E-state index in [0.29, 0.717) is 70.1 Å². The minimum absolute atomic E-state index is 0.0161. The molecule has 0 aromatic carbocycles. The molecule has 0 spiro atoms. The summed E-state index contributed by atoms with van der Waals surface area (Å²) >= 11 is 2.54. The molecule has 8 rings (SSSR count). The van der Waals surface area contributed by atoms with Crippen molar-refractivity contribution in [3.63, 3.8) is 0 Å². The second kappa shape index (κ2) is 48.1. The summed E-state index contributed by atoms with van der Waals surface area (Å²) in [5.41, 5.74) is 0. The van der Waals surface area contributed by atoms with Crippen LogP contribution in [0.1, 0.15) is 150 Å². The Balaban J connectivity index is 0.000000307. The first-order chi connectivity index (χ1) is 60.5. The standard InChI is InChI=1S/C21H27NO11S.C20H25NO11S.C19H23NO11S.C18H21NO11S/c1-10(2)29-17(23)16(22-18(24)27-8-15-12(4)31-19(25)33-15)21(6,7)34-20(26)28-9-14-11(3)30-13(5)32-14;1-7-26-16(22)15(21-17(23)27-8-14-11(3)30-18(24)32-14)20(5,6)33-19(25)28-9-13-10(2)29-12(4)31-13;1-9-12(30-11(3)28-9)8-27-18(24)32-19(4,5)14(15(21)25-6)20-16(22)26-7-13-10(2)29-17(23)31-13;1-8-11(29-10(3)27-8)7-26-17(24)31-18(4,5)13(14(20)21)19-15(22)25-6-12-9(2)28-16(23)30-12/h10,16H,5,8-9H2,1-4,6-7H3,(H,22,24);15H,4,7-9H2,1-3,5-6H3,(H,21,23);14H,3,7-8H2,1-2,4-6H3,(H,20,22);13H,3,6-7H2,1-2,4-5H3,(H,19,22)(H,20,21)/t16-;15-;14-;13-/m0000/s1. The van der Waals surface area contributed by atoms with E-state index in [1.165, 1.54) is 55.4 Å². The van der Waals surface area contributed by atoms with E-state index in [1.54, 1.807) is 76.2 Å². The van der Waals surface area contributed by atoms with Crippen LogP contribution in [0.4, 0.5) is 38.4 Å². The van der Waals surface area contributed by atoms with Gasteiger partial charge in [-0.1, -0.05) is 0 Å². The highest BCUT2D eigenvalue weighted by molar-refractivity contribution is 8.15. The summed E-state index contributed by atoms with van der Waals surface area (Å²) in [5.74, 6) is -3.95. The van der Waals surface area contributed by atoms with Crippen molar-refractivity contribution in [2.45, 2.75) is 207 Å². The van der Waals surface area contributed by atoms with Crippen molar-refractivity contribution in [3.05, 3.63) is 185 Å². The second-order valence-electron chi connectivity index (χ2n) is 28.6. The lowest BCUT2D eigenvalue weighted by atomic mass is 10.0. The molecular weight excluding hydrogens is 1830 g/mol. The molecule has 0 unspecified atom stereocenters. The number of thioether (sulfide) groups is 4. The summed E-state index contributed by atoms with van der Waals surface area (Å²) in [6, 6.07) is -5.40. The van der Waals surface area contributed by atoms with Crippen molar-refractivity contribution in [1.82, 2.24) is 21.3 Å². The van der Waals surface area contributed by atoms with Gasteiger partial charge < -0.3 is 152 Å². The van der Waals surface area contributed by atoms with Gasteiger partial charge in [0.05, 0.1) is 38.8 Å². The third kappa shape index (κ3) is 34.3. The Bertz CT molecular complexity index is 5270. The van der Waals surface area contributed by atoms with E-state index >= 15 is 0 Å². The van der Waals surface area contributed by atoms with Gasteiger partial charge in [-0.25, -0.2) is 76.7 Å². The highest BCUT2D eigenvalue weighted by atomic mass is 32.2. The summed E-state index contributed by atoms with van der Waals surface area (Å²) in [6.45, 7) is 40.8. The maximum absolute atomic E-state index is 12.7. The normalized spacial score (nSPS) is 14.4. The van der Waals surface area contributed by atoms with E-state index in [4.69, 9.17) is 108 Å². The number of carboxylic acids is 1. The number of methoxy groups -OCH3 is 1. The molecule has 4 aromatic heterocycles. The molecule has 4 aliphatic rings. The van der Waals surface area contributed by atoms with Crippen LogP contribution in [0.15, 0.2) is 151 Å². The molecule has 0 radical (unpaired) electrons. The van der Waals surface area contributed by atoms with Gasteiger partial charge in [0.2, 0.25) is 0 Å². The van der Waals surface area contributed by atoms with Crippen molar-refractivity contribution in [3.8, 4) is 0 Å². The monoisotopic (exact) mass is 1920 g/mol. The van der Waals surface area contributed by atoms with E-state index in [2.05, 4.69) is 65.3 Å². The van der Waals surface area contributed by atoms with Gasteiger partial charge in [0.15, 0.2) is 122 Å². The Morgan fingerprint density at radius 1 is 0.338 bits per heavy atom. The summed E-state index contributed by atoms with van der Waals surface area (Å²) in [5, 5.41) is 15.8. The fourth-order valence-corrected chi connectivity index (χ4v) is 13.3. The highest BCUT2D eigenvalue weighted by Gasteiger charge is 2.46. The first kappa shape index (κ1) is 107. The molecule has 0 saturated heterocycles. The molecule has 0 fully saturated rings. The van der Waals surface area contributed by atoms with Gasteiger partial charge in [0.1, 0.15) is 47.2 Å². The fourth-order valence-electron chi connectivity index (χ4n) is 9.98. The minimum atomic E-state index is -1.53. The molecule has 716 valence electrons. The molecule has 0 bridgehead atoms. The van der Waals surface area contributed by atoms with Crippen LogP contribution in [0.5, 0.6) is 0 Å². The number of carbonyl (C=O) groups is 12. The molecule has 8 heterocycles. The highest BCUT2D eigenvalue weighted by Crippen LogP contribution is 2.37. The fraction of sp³-hybridized carbons (Fsp3) is 0.487. The SMILES string of the molecule is C=C1OC(C)=C(COC(=O)SC(C)(C)[C@@H](NC(=O)OCc2oc(=O)oc2C)C(=O)O)O1.C=C1OC(C)=C(COC(=O)SC(C)(C)[C@@H](NC(=O)OCc2oc(=O)oc2C)C(=O)OC(C)C)O1.C=C1OC(C)=C(COC(=O)SC(C)(C)[C@@H](NC(=O)OCc2oc(=O)oc2C)C(=O)OC)O1.C=C1OC(C)=C(COC(=O)SC(C)(C)[C@@H](NC(=O)OCc2oc(=O)oc2C)C(=O)OCC)O1. The summed E-state index contributed by atoms with van der Waals surface area (Å²) in [7, 11) is 1.13. The Morgan fingerprint density at radius 3 is 0.769 bits per heavy atom. The maximum atomic E-state index is 12.7. The van der Waals surface area contributed by atoms with Crippen LogP contribution in [-0.4, -0.2) is 164 Å².